The van der Waals surface area contributed by atoms with Crippen molar-refractivity contribution in [3.05, 3.63) is 49.5 Å². The molecule has 3 rings (SSSR count). The zero-order valence-electron chi connectivity index (χ0n) is 18.6. The van der Waals surface area contributed by atoms with Gasteiger partial charge in [0.25, 0.3) is 20.9 Å². The van der Waals surface area contributed by atoms with Gasteiger partial charge in [-0.05, 0) is 25.0 Å². The molecule has 0 aliphatic rings. The van der Waals surface area contributed by atoms with E-state index >= 15 is 0 Å². The Morgan fingerprint density at radius 1 is 1.12 bits per heavy atom. The van der Waals surface area contributed by atoms with Crippen LogP contribution in [-0.2, 0) is 10.0 Å². The van der Waals surface area contributed by atoms with Crippen LogP contribution in [0.5, 0.6) is 5.75 Å². The second kappa shape index (κ2) is 9.08. The zero-order chi connectivity index (χ0) is 23.8. The van der Waals surface area contributed by atoms with Gasteiger partial charge in [0.05, 0.1) is 11.7 Å². The van der Waals surface area contributed by atoms with E-state index < -0.39 is 26.6 Å². The predicted molar refractivity (Wildman–Crippen MR) is 125 cm³/mol. The normalized spacial score (nSPS) is 13.2. The fourth-order valence-corrected chi connectivity index (χ4v) is 6.24. The van der Waals surface area contributed by atoms with Crippen LogP contribution in [0, 0.1) is 12.8 Å². The van der Waals surface area contributed by atoms with Crippen LogP contribution in [0.1, 0.15) is 45.3 Å². The summed E-state index contributed by atoms with van der Waals surface area (Å²) in [4.78, 5) is 24.5. The Hall–Kier alpha value is -2.63. The molecule has 0 saturated carbocycles. The fraction of sp³-hybridized carbons (Fsp3) is 0.429. The van der Waals surface area contributed by atoms with Gasteiger partial charge >= 0.3 is 0 Å². The molecule has 11 heteroatoms. The zero-order valence-corrected chi connectivity index (χ0v) is 20.2. The summed E-state index contributed by atoms with van der Waals surface area (Å²) in [7, 11) is -3.87. The minimum Gasteiger partial charge on any atom is -0.504 e. The topological polar surface area (TPSA) is 129 Å². The van der Waals surface area contributed by atoms with Gasteiger partial charge in [-0.15, -0.1) is 11.3 Å². The van der Waals surface area contributed by atoms with Crippen LogP contribution in [0.3, 0.4) is 0 Å². The van der Waals surface area contributed by atoms with Crippen molar-refractivity contribution in [1.82, 2.24) is 4.31 Å². The first-order valence-electron chi connectivity index (χ1n) is 10.3. The molecule has 174 valence electrons. The Morgan fingerprint density at radius 2 is 1.75 bits per heavy atom. The van der Waals surface area contributed by atoms with Crippen molar-refractivity contribution in [3.63, 3.8) is 0 Å². The molecule has 2 aromatic heterocycles. The van der Waals surface area contributed by atoms with E-state index in [0.717, 1.165) is 17.1 Å². The largest absolute Gasteiger partial charge is 0.504 e. The molecule has 0 unspecified atom stereocenters. The van der Waals surface area contributed by atoms with Gasteiger partial charge in [0.2, 0.25) is 0 Å². The molecule has 0 spiro atoms. The van der Waals surface area contributed by atoms with Crippen molar-refractivity contribution in [2.75, 3.05) is 23.7 Å². The van der Waals surface area contributed by atoms with Gasteiger partial charge in [-0.2, -0.15) is 4.31 Å². The molecule has 3 aromatic rings. The number of rotatable bonds is 10. The molecular formula is C21H27N3O6S2. The smallest absolute Gasteiger partial charge is 0.256 e. The molecule has 0 saturated heterocycles. The highest BCUT2D eigenvalue weighted by molar-refractivity contribution is 7.91. The lowest BCUT2D eigenvalue weighted by atomic mass is 10.0. The second-order valence-electron chi connectivity index (χ2n) is 7.72. The first kappa shape index (κ1) is 24.0. The standard InChI is InChI=1S/C21H27N3O6S2/c1-6-24(7-2)32(28,29)21-18(25)13(10-31-21)22-16-17(20(27)19(16)26)23-15(11(3)4)14-9-8-12(5)30-14/h8-11,15,22-23,25H,6-7H2,1-5H3/t15-/m1/s1. The van der Waals surface area contributed by atoms with Crippen molar-refractivity contribution >= 4 is 38.4 Å². The molecule has 0 aliphatic carbocycles. The SMILES string of the molecule is CCN(CC)S(=O)(=O)c1scc(Nc2c(N[C@@H](c3ccc(C)o3)C(C)C)c(=O)c2=O)c1O. The molecule has 0 aliphatic heterocycles. The van der Waals surface area contributed by atoms with Crippen LogP contribution < -0.4 is 21.5 Å². The van der Waals surface area contributed by atoms with Crippen molar-refractivity contribution in [1.29, 1.82) is 0 Å². The van der Waals surface area contributed by atoms with Crippen LogP contribution in [-0.4, -0.2) is 30.9 Å². The first-order valence-corrected chi connectivity index (χ1v) is 12.6. The Bertz CT molecular complexity index is 1280. The summed E-state index contributed by atoms with van der Waals surface area (Å²) in [6.45, 7) is 9.64. The number of sulfonamides is 1. The third-order valence-corrected chi connectivity index (χ3v) is 8.76. The van der Waals surface area contributed by atoms with Gasteiger partial charge in [-0.25, -0.2) is 8.42 Å². The minimum absolute atomic E-state index is 0.0242. The summed E-state index contributed by atoms with van der Waals surface area (Å²) < 4.78 is 32.2. The lowest BCUT2D eigenvalue weighted by Gasteiger charge is -2.24. The Kier molecular flexibility index (Phi) is 6.82. The number of hydrogen-bond acceptors (Lipinski definition) is 9. The summed E-state index contributed by atoms with van der Waals surface area (Å²) in [5.74, 6) is 0.907. The average molecular weight is 482 g/mol. The summed E-state index contributed by atoms with van der Waals surface area (Å²) in [6.07, 6.45) is 0. The highest BCUT2D eigenvalue weighted by Crippen LogP contribution is 2.41. The maximum absolute atomic E-state index is 12.8. The summed E-state index contributed by atoms with van der Waals surface area (Å²) in [6, 6.07) is 3.26. The highest BCUT2D eigenvalue weighted by Gasteiger charge is 2.31. The van der Waals surface area contributed by atoms with Crippen LogP contribution in [0.15, 0.2) is 35.7 Å². The lowest BCUT2D eigenvalue weighted by Crippen LogP contribution is -2.38. The van der Waals surface area contributed by atoms with E-state index in [2.05, 4.69) is 10.6 Å². The van der Waals surface area contributed by atoms with Gasteiger partial charge < -0.3 is 20.2 Å². The molecule has 32 heavy (non-hydrogen) atoms. The molecule has 0 fully saturated rings. The highest BCUT2D eigenvalue weighted by atomic mass is 32.2. The van der Waals surface area contributed by atoms with Crippen molar-refractivity contribution in [2.24, 2.45) is 5.92 Å². The van der Waals surface area contributed by atoms with Gasteiger partial charge in [0.1, 0.15) is 22.9 Å². The summed E-state index contributed by atoms with van der Waals surface area (Å²) in [5.41, 5.74) is -1.34. The minimum atomic E-state index is -3.87. The quantitative estimate of drug-likeness (QED) is 0.375. The molecular weight excluding hydrogens is 454 g/mol. The predicted octanol–water partition coefficient (Wildman–Crippen LogP) is 3.53. The number of anilines is 3. The Balaban J connectivity index is 1.91. The van der Waals surface area contributed by atoms with Crippen LogP contribution in [0.4, 0.5) is 17.1 Å². The van der Waals surface area contributed by atoms with E-state index in [4.69, 9.17) is 4.42 Å². The molecule has 2 heterocycles. The fourth-order valence-electron chi connectivity index (χ4n) is 3.41. The van der Waals surface area contributed by atoms with Gasteiger partial charge in [-0.3, -0.25) is 9.59 Å². The van der Waals surface area contributed by atoms with Gasteiger partial charge in [0.15, 0.2) is 9.96 Å². The number of furan rings is 1. The number of thiophene rings is 1. The summed E-state index contributed by atoms with van der Waals surface area (Å²) >= 11 is 0.844. The maximum Gasteiger partial charge on any atom is 0.256 e. The van der Waals surface area contributed by atoms with Gasteiger partial charge in [-0.1, -0.05) is 27.7 Å². The van der Waals surface area contributed by atoms with Gasteiger partial charge in [0, 0.05) is 18.5 Å². The number of nitrogens with zero attached hydrogens (tertiary/aromatic N) is 1. The molecule has 0 radical (unpaired) electrons. The Labute approximate surface area is 190 Å². The lowest BCUT2D eigenvalue weighted by molar-refractivity contribution is 0.408. The van der Waals surface area contributed by atoms with E-state index in [1.807, 2.05) is 26.8 Å². The monoisotopic (exact) mass is 481 g/mol. The second-order valence-corrected chi connectivity index (χ2v) is 10.7. The van der Waals surface area contributed by atoms with Crippen LogP contribution in [0.2, 0.25) is 0 Å². The van der Waals surface area contributed by atoms with Crippen LogP contribution in [0.25, 0.3) is 0 Å². The molecule has 1 atom stereocenters. The molecule has 0 amide bonds. The number of nitrogens with one attached hydrogen (secondary N) is 2. The van der Waals surface area contributed by atoms with E-state index in [0.29, 0.717) is 5.76 Å². The summed E-state index contributed by atoms with van der Waals surface area (Å²) in [5, 5.41) is 17.8. The van der Waals surface area contributed by atoms with E-state index in [1.165, 1.54) is 9.69 Å². The van der Waals surface area contributed by atoms with Crippen LogP contribution >= 0.6 is 11.3 Å². The molecule has 9 nitrogen and oxygen atoms in total. The van der Waals surface area contributed by atoms with E-state index in [-0.39, 0.29) is 46.3 Å². The number of aromatic hydroxyl groups is 1. The van der Waals surface area contributed by atoms with E-state index in [1.54, 1.807) is 19.9 Å². The first-order chi connectivity index (χ1) is 15.0. The maximum atomic E-state index is 12.8. The third kappa shape index (κ3) is 4.19. The van der Waals surface area contributed by atoms with Crippen molar-refractivity contribution in [3.8, 4) is 5.75 Å². The molecule has 1 aromatic carbocycles. The van der Waals surface area contributed by atoms with Crippen molar-refractivity contribution in [2.45, 2.75) is 44.9 Å². The number of hydrogen-bond donors (Lipinski definition) is 3. The van der Waals surface area contributed by atoms with E-state index in [9.17, 15) is 23.1 Å². The third-order valence-electron chi connectivity index (χ3n) is 5.22. The molecule has 0 bridgehead atoms. The van der Waals surface area contributed by atoms with Crippen molar-refractivity contribution < 1.29 is 17.9 Å². The average Bonchev–Trinajstić information content (AvgIpc) is 3.33. The molecule has 3 N–H and O–H groups in total. The Morgan fingerprint density at radius 3 is 2.28 bits per heavy atom. The number of aryl methyl sites for hydroxylation is 1.